The maximum absolute atomic E-state index is 9.59. The van der Waals surface area contributed by atoms with E-state index < -0.39 is 0 Å². The predicted molar refractivity (Wildman–Crippen MR) is 61.8 cm³/mol. The highest BCUT2D eigenvalue weighted by molar-refractivity contribution is 5.65. The molecular weight excluding hydrogens is 208 g/mol. The van der Waals surface area contributed by atoms with Crippen LogP contribution in [0.1, 0.15) is 13.8 Å². The van der Waals surface area contributed by atoms with E-state index in [1.165, 1.54) is 28.1 Å². The Balaban J connectivity index is 0. The number of carbonyl (C=O) groups excluding carboxylic acids is 2. The van der Waals surface area contributed by atoms with E-state index in [-0.39, 0.29) is 11.9 Å². The topological polar surface area (TPSA) is 52.6 Å². The number of rotatable bonds is 0. The molecule has 0 fully saturated rings. The molecule has 0 aliphatic carbocycles. The van der Waals surface area contributed by atoms with E-state index in [1.54, 1.807) is 0 Å². The molecule has 1 rings (SSSR count). The monoisotopic (exact) mass is 226 g/mol. The second-order valence-corrected chi connectivity index (χ2v) is 2.55. The summed E-state index contributed by atoms with van der Waals surface area (Å²) in [6.07, 6.45) is 0. The Morgan fingerprint density at radius 3 is 0.875 bits per heavy atom. The highest BCUT2D eigenvalue weighted by Gasteiger charge is 1.76. The lowest BCUT2D eigenvalue weighted by atomic mass is 10.4. The molecule has 0 saturated heterocycles. The molecule has 0 aromatic heterocycles. The van der Waals surface area contributed by atoms with Crippen LogP contribution in [0.25, 0.3) is 0 Å². The number of esters is 2. The van der Waals surface area contributed by atoms with Gasteiger partial charge in [0.05, 0.1) is 14.2 Å². The molecule has 4 heteroatoms. The van der Waals surface area contributed by atoms with E-state index in [9.17, 15) is 9.59 Å². The Hall–Kier alpha value is -1.84. The Morgan fingerprint density at radius 2 is 0.812 bits per heavy atom. The van der Waals surface area contributed by atoms with Gasteiger partial charge in [0.1, 0.15) is 0 Å². The van der Waals surface area contributed by atoms with Gasteiger partial charge >= 0.3 is 11.9 Å². The van der Waals surface area contributed by atoms with Gasteiger partial charge in [-0.25, -0.2) is 0 Å². The minimum Gasteiger partial charge on any atom is -0.469 e. The zero-order valence-electron chi connectivity index (χ0n) is 10.1. The fourth-order valence-corrected chi connectivity index (χ4v) is 0.385. The van der Waals surface area contributed by atoms with Crippen molar-refractivity contribution in [3.63, 3.8) is 0 Å². The molecule has 0 atom stereocenters. The smallest absolute Gasteiger partial charge is 0.302 e. The average molecular weight is 226 g/mol. The van der Waals surface area contributed by atoms with Crippen LogP contribution < -0.4 is 0 Å². The van der Waals surface area contributed by atoms with Gasteiger partial charge in [-0.15, -0.1) is 0 Å². The van der Waals surface area contributed by atoms with Gasteiger partial charge in [-0.05, 0) is 0 Å². The first-order valence-corrected chi connectivity index (χ1v) is 4.63. The lowest BCUT2D eigenvalue weighted by Crippen LogP contribution is -1.88. The lowest BCUT2D eigenvalue weighted by molar-refractivity contribution is -0.138. The highest BCUT2D eigenvalue weighted by atomic mass is 16.5. The van der Waals surface area contributed by atoms with Crippen molar-refractivity contribution in [1.82, 2.24) is 0 Å². The van der Waals surface area contributed by atoms with Gasteiger partial charge in [-0.2, -0.15) is 0 Å². The van der Waals surface area contributed by atoms with Crippen LogP contribution in [-0.2, 0) is 19.1 Å². The summed E-state index contributed by atoms with van der Waals surface area (Å²) in [6.45, 7) is 2.72. The van der Waals surface area contributed by atoms with E-state index >= 15 is 0 Å². The Morgan fingerprint density at radius 1 is 0.688 bits per heavy atom. The first-order valence-electron chi connectivity index (χ1n) is 4.63. The molecule has 0 amide bonds. The van der Waals surface area contributed by atoms with Gasteiger partial charge in [0.2, 0.25) is 0 Å². The predicted octanol–water partition coefficient (Wildman–Crippen LogP) is 2.05. The molecule has 4 nitrogen and oxygen atoms in total. The fourth-order valence-electron chi connectivity index (χ4n) is 0.385. The molecule has 0 heterocycles. The van der Waals surface area contributed by atoms with Crippen molar-refractivity contribution in [2.24, 2.45) is 0 Å². The molecule has 16 heavy (non-hydrogen) atoms. The summed E-state index contributed by atoms with van der Waals surface area (Å²) >= 11 is 0. The third kappa shape index (κ3) is 22.7. The van der Waals surface area contributed by atoms with Crippen molar-refractivity contribution in [1.29, 1.82) is 0 Å². The molecule has 0 saturated carbocycles. The SMILES string of the molecule is COC(C)=O.COC(C)=O.c1ccccc1. The second kappa shape index (κ2) is 13.2. The van der Waals surface area contributed by atoms with Crippen molar-refractivity contribution >= 4 is 11.9 Å². The highest BCUT2D eigenvalue weighted by Crippen LogP contribution is 1.79. The molecule has 1 aromatic rings. The summed E-state index contributed by atoms with van der Waals surface area (Å²) in [5.74, 6) is -0.491. The van der Waals surface area contributed by atoms with Crippen molar-refractivity contribution in [2.45, 2.75) is 13.8 Å². The zero-order chi connectivity index (χ0) is 12.8. The molecule has 0 spiro atoms. The molecule has 0 bridgehead atoms. The molecule has 0 aliphatic heterocycles. The van der Waals surface area contributed by atoms with Crippen molar-refractivity contribution in [3.8, 4) is 0 Å². The van der Waals surface area contributed by atoms with Crippen LogP contribution >= 0.6 is 0 Å². The van der Waals surface area contributed by atoms with Crippen molar-refractivity contribution in [3.05, 3.63) is 36.4 Å². The maximum atomic E-state index is 9.59. The van der Waals surface area contributed by atoms with Crippen LogP contribution in [0.3, 0.4) is 0 Å². The molecule has 1 aromatic carbocycles. The first kappa shape index (κ1) is 16.6. The van der Waals surface area contributed by atoms with Crippen molar-refractivity contribution < 1.29 is 19.1 Å². The largest absolute Gasteiger partial charge is 0.469 e. The quantitative estimate of drug-likeness (QED) is 0.635. The maximum Gasteiger partial charge on any atom is 0.302 e. The van der Waals surface area contributed by atoms with Crippen LogP contribution in [0.5, 0.6) is 0 Å². The molecular formula is C12H18O4. The Bertz CT molecular complexity index is 229. The van der Waals surface area contributed by atoms with Crippen LogP contribution in [0, 0.1) is 0 Å². The minimum absolute atomic E-state index is 0.245. The Kier molecular flexibility index (Phi) is 13.6. The Labute approximate surface area is 96.2 Å². The van der Waals surface area contributed by atoms with Gasteiger partial charge in [-0.3, -0.25) is 9.59 Å². The van der Waals surface area contributed by atoms with Gasteiger partial charge in [0, 0.05) is 13.8 Å². The summed E-state index contributed by atoms with van der Waals surface area (Å²) < 4.78 is 8.22. The van der Waals surface area contributed by atoms with Crippen LogP contribution in [0.2, 0.25) is 0 Å². The lowest BCUT2D eigenvalue weighted by Gasteiger charge is -1.80. The second-order valence-electron chi connectivity index (χ2n) is 2.55. The average Bonchev–Trinajstić information content (AvgIpc) is 2.32. The summed E-state index contributed by atoms with van der Waals surface area (Å²) in [5, 5.41) is 0. The van der Waals surface area contributed by atoms with Gasteiger partial charge < -0.3 is 9.47 Å². The van der Waals surface area contributed by atoms with E-state index in [2.05, 4.69) is 9.47 Å². The number of benzene rings is 1. The van der Waals surface area contributed by atoms with E-state index in [4.69, 9.17) is 0 Å². The van der Waals surface area contributed by atoms with E-state index in [0.29, 0.717) is 0 Å². The number of hydrogen-bond donors (Lipinski definition) is 0. The summed E-state index contributed by atoms with van der Waals surface area (Å²) in [5.41, 5.74) is 0. The van der Waals surface area contributed by atoms with E-state index in [0.717, 1.165) is 0 Å². The van der Waals surface area contributed by atoms with E-state index in [1.807, 2.05) is 36.4 Å². The number of hydrogen-bond acceptors (Lipinski definition) is 4. The molecule has 0 radical (unpaired) electrons. The number of methoxy groups -OCH3 is 2. The standard InChI is InChI=1S/C6H6.2C3H6O2/c1-2-4-6-5-3-1;2*1-3(4)5-2/h1-6H;2*1-2H3. The van der Waals surface area contributed by atoms with Gasteiger partial charge in [0.25, 0.3) is 0 Å². The van der Waals surface area contributed by atoms with Crippen LogP contribution in [-0.4, -0.2) is 26.2 Å². The number of ether oxygens (including phenoxy) is 2. The van der Waals surface area contributed by atoms with Crippen LogP contribution in [0.15, 0.2) is 36.4 Å². The van der Waals surface area contributed by atoms with Gasteiger partial charge in [-0.1, -0.05) is 36.4 Å². The third-order valence-electron chi connectivity index (χ3n) is 1.24. The normalized spacial score (nSPS) is 7.25. The first-order chi connectivity index (χ1) is 7.54. The fraction of sp³-hybridized carbons (Fsp3) is 0.333. The molecule has 0 aliphatic rings. The summed E-state index contributed by atoms with van der Waals surface area (Å²) in [4.78, 5) is 19.2. The summed E-state index contributed by atoms with van der Waals surface area (Å²) in [7, 11) is 2.70. The summed E-state index contributed by atoms with van der Waals surface area (Å²) in [6, 6.07) is 12.0. The zero-order valence-corrected chi connectivity index (χ0v) is 10.1. The minimum atomic E-state index is -0.245. The third-order valence-corrected chi connectivity index (χ3v) is 1.24. The van der Waals surface area contributed by atoms with Crippen LogP contribution in [0.4, 0.5) is 0 Å². The number of carbonyl (C=O) groups is 2. The van der Waals surface area contributed by atoms with Gasteiger partial charge in [0.15, 0.2) is 0 Å². The molecule has 0 unspecified atom stereocenters. The molecule has 90 valence electrons. The molecule has 0 N–H and O–H groups in total. The van der Waals surface area contributed by atoms with Crippen molar-refractivity contribution in [2.75, 3.05) is 14.2 Å².